The van der Waals surface area contributed by atoms with Gasteiger partial charge in [-0.25, -0.2) is 9.59 Å². The van der Waals surface area contributed by atoms with Gasteiger partial charge in [0.15, 0.2) is 11.6 Å². The molecule has 2 aromatic heterocycles. The van der Waals surface area contributed by atoms with E-state index in [1.54, 1.807) is 0 Å². The van der Waals surface area contributed by atoms with E-state index in [1.165, 1.54) is 31.3 Å². The Balaban J connectivity index is 1.37. The van der Waals surface area contributed by atoms with E-state index in [-0.39, 0.29) is 23.1 Å². The summed E-state index contributed by atoms with van der Waals surface area (Å²) in [4.78, 5) is 75.8. The van der Waals surface area contributed by atoms with Gasteiger partial charge in [-0.3, -0.25) is 32.6 Å². The summed E-state index contributed by atoms with van der Waals surface area (Å²) in [7, 11) is -20.4. The number of carboxylic acids is 2. The van der Waals surface area contributed by atoms with Gasteiger partial charge in [0.1, 0.15) is 20.4 Å². The van der Waals surface area contributed by atoms with Crippen molar-refractivity contribution in [2.75, 3.05) is 23.0 Å². The number of carbonyl (C=O) groups excluding carboxylic acids is 2. The molecule has 27 nitrogen and oxygen atoms in total. The van der Waals surface area contributed by atoms with Crippen LogP contribution in [-0.4, -0.2) is 113 Å². The lowest BCUT2D eigenvalue weighted by Crippen LogP contribution is -2.25. The average molecular weight is 1070 g/mol. The quantitative estimate of drug-likeness (QED) is 0.0514. The molecule has 1 aliphatic carbocycles. The minimum Gasteiger partial charge on any atom is -0.478 e. The maximum absolute atomic E-state index is 14.6. The van der Waals surface area contributed by atoms with Crippen LogP contribution in [0.1, 0.15) is 52.6 Å². The number of H-pyrrole nitrogens is 1. The van der Waals surface area contributed by atoms with Crippen LogP contribution in [0.3, 0.4) is 0 Å². The molecular formula is C41H27N7O20S4. The third kappa shape index (κ3) is 9.41. The number of hydrogen-bond acceptors (Lipinski definition) is 20. The van der Waals surface area contributed by atoms with Crippen molar-refractivity contribution in [2.45, 2.75) is 19.6 Å². The largest absolute Gasteiger partial charge is 0.478 e. The van der Waals surface area contributed by atoms with Crippen LogP contribution in [-0.2, 0) is 40.5 Å². The van der Waals surface area contributed by atoms with Crippen molar-refractivity contribution < 1.29 is 86.0 Å². The smallest absolute Gasteiger partial charge is 0.335 e. The Morgan fingerprint density at radius 3 is 1.74 bits per heavy atom. The molecule has 0 spiro atoms. The van der Waals surface area contributed by atoms with Crippen molar-refractivity contribution >= 4 is 104 Å². The Kier molecular flexibility index (Phi) is 12.2. The van der Waals surface area contributed by atoms with Crippen LogP contribution >= 0.6 is 0 Å². The van der Waals surface area contributed by atoms with Gasteiger partial charge in [-0.1, -0.05) is 36.4 Å². The van der Waals surface area contributed by atoms with Crippen molar-refractivity contribution in [3.63, 3.8) is 0 Å². The summed E-state index contributed by atoms with van der Waals surface area (Å²) in [5, 5.41) is 25.8. The molecule has 31 heteroatoms. The lowest BCUT2D eigenvalue weighted by molar-refractivity contribution is 0.0695. The molecule has 0 saturated heterocycles. The molecule has 370 valence electrons. The highest BCUT2D eigenvalue weighted by molar-refractivity contribution is 7.87. The fraction of sp³-hybridized carbons (Fsp3) is 0.0244. The molecule has 0 radical (unpaired) electrons. The second-order valence-electron chi connectivity index (χ2n) is 15.0. The summed E-state index contributed by atoms with van der Waals surface area (Å²) >= 11 is 0. The van der Waals surface area contributed by atoms with Crippen LogP contribution in [0, 0.1) is 0 Å². The predicted octanol–water partition coefficient (Wildman–Crippen LogP) is 3.86. The summed E-state index contributed by atoms with van der Waals surface area (Å²) in [6, 6.07) is 12.1. The van der Waals surface area contributed by atoms with Crippen molar-refractivity contribution in [3.05, 3.63) is 129 Å². The van der Waals surface area contributed by atoms with Crippen LogP contribution in [0.15, 0.2) is 109 Å². The number of fused-ring (bicyclic) bond motifs is 2. The molecule has 72 heavy (non-hydrogen) atoms. The summed E-state index contributed by atoms with van der Waals surface area (Å²) < 4.78 is 149. The van der Waals surface area contributed by atoms with E-state index in [0.717, 1.165) is 42.5 Å². The van der Waals surface area contributed by atoms with Gasteiger partial charge in [-0.2, -0.15) is 48.6 Å². The van der Waals surface area contributed by atoms with E-state index < -0.39 is 168 Å². The van der Waals surface area contributed by atoms with Gasteiger partial charge >= 0.3 is 17.9 Å². The lowest BCUT2D eigenvalue weighted by Gasteiger charge is -2.25. The van der Waals surface area contributed by atoms with E-state index in [1.807, 2.05) is 0 Å². The molecule has 0 atom stereocenters. The van der Waals surface area contributed by atoms with Crippen LogP contribution in [0.2, 0.25) is 0 Å². The zero-order valence-corrected chi connectivity index (χ0v) is 38.7. The number of nitrogens with one attached hydrogen (secondary N) is 4. The molecule has 0 aliphatic heterocycles. The third-order valence-corrected chi connectivity index (χ3v) is 13.9. The Morgan fingerprint density at radius 2 is 1.17 bits per heavy atom. The molecule has 5 aromatic carbocycles. The Bertz CT molecular complexity index is 4110. The maximum atomic E-state index is 14.6. The standard InChI is InChI=1S/C41H27N7O20S4/c1-42-39-46-40(48-41(47-39)68-19-10-17(37(52)53)9-18(11-19)38(54)55)44-24-13-23(26(70(59,60)61)15-27(24)71(62,63)64)43-25-14-28(72(65,66)67)33-31-29(21-7-2-3-8-22(21)35(50)30(25)31)32(36(51)45-33)34(49)16-5-4-6-20(12-16)69(56,57)58/h2-15,43H,1H3,(H,45,51)(H,52,53)(H,54,55)(H,56,57,58)(H,59,60,61)(H,62,63,64)(H,65,66,67)(H2,42,44,46,47,48). The van der Waals surface area contributed by atoms with Gasteiger partial charge in [-0.05, 0) is 54.1 Å². The molecule has 0 fully saturated rings. The number of rotatable bonds is 15. The number of pyridine rings is 1. The first kappa shape index (κ1) is 49.8. The van der Waals surface area contributed by atoms with E-state index >= 15 is 0 Å². The van der Waals surface area contributed by atoms with E-state index in [9.17, 15) is 86.1 Å². The fourth-order valence-corrected chi connectivity index (χ4v) is 10.1. The number of aromatic carboxylic acids is 2. The lowest BCUT2D eigenvalue weighted by atomic mass is 9.80. The third-order valence-electron chi connectivity index (χ3n) is 10.4. The number of hydrogen-bond donors (Lipinski definition) is 10. The molecule has 8 rings (SSSR count). The number of ether oxygens (including phenoxy) is 1. The Labute approximate surface area is 402 Å². The fourth-order valence-electron chi connectivity index (χ4n) is 7.48. The SMILES string of the molecule is CNc1nc(Nc2cc(Nc3cc(S(=O)(=O)O)c4[nH]c(=O)c(C(=O)c5cccc(S(=O)(=O)O)c5)c5c4c3C(=O)c3ccccc3-5)c(S(=O)(=O)O)cc2S(=O)(=O)O)nc(Oc2cc(C(=O)O)cc(C(=O)O)c2)n1. The van der Waals surface area contributed by atoms with Crippen molar-refractivity contribution in [1.29, 1.82) is 0 Å². The topological polar surface area (TPSA) is 443 Å². The highest BCUT2D eigenvalue weighted by atomic mass is 32.2. The van der Waals surface area contributed by atoms with E-state index in [0.29, 0.717) is 12.1 Å². The second kappa shape index (κ2) is 17.7. The molecular weight excluding hydrogens is 1040 g/mol. The summed E-state index contributed by atoms with van der Waals surface area (Å²) in [5.74, 6) is -6.89. The summed E-state index contributed by atoms with van der Waals surface area (Å²) in [5.41, 5.74) is -8.72. The normalized spacial score (nSPS) is 12.5. The summed E-state index contributed by atoms with van der Waals surface area (Å²) in [6.07, 6.45) is 0. The Hall–Kier alpha value is -8.56. The second-order valence-corrected chi connectivity index (χ2v) is 20.5. The van der Waals surface area contributed by atoms with Gasteiger partial charge < -0.3 is 35.9 Å². The number of aromatic nitrogens is 4. The van der Waals surface area contributed by atoms with E-state index in [2.05, 4.69) is 35.9 Å². The molecule has 0 saturated carbocycles. The molecule has 0 unspecified atom stereocenters. The van der Waals surface area contributed by atoms with Gasteiger partial charge in [0.05, 0.1) is 49.7 Å². The number of aromatic amines is 1. The first-order chi connectivity index (χ1) is 33.5. The molecule has 2 heterocycles. The average Bonchev–Trinajstić information content (AvgIpc) is 3.28. The molecule has 0 amide bonds. The number of carbonyl (C=O) groups is 4. The van der Waals surface area contributed by atoms with Gasteiger partial charge in [0.25, 0.3) is 46.0 Å². The van der Waals surface area contributed by atoms with Crippen LogP contribution in [0.25, 0.3) is 22.0 Å². The number of benzene rings is 5. The summed E-state index contributed by atoms with van der Waals surface area (Å²) in [6.45, 7) is 0. The van der Waals surface area contributed by atoms with Gasteiger partial charge in [0, 0.05) is 29.1 Å². The molecule has 10 N–H and O–H groups in total. The monoisotopic (exact) mass is 1070 g/mol. The zero-order chi connectivity index (χ0) is 52.6. The van der Waals surface area contributed by atoms with Crippen LogP contribution in [0.5, 0.6) is 11.8 Å². The zero-order valence-electron chi connectivity index (χ0n) is 35.5. The van der Waals surface area contributed by atoms with Crippen LogP contribution in [0.4, 0.5) is 29.0 Å². The molecule has 7 aromatic rings. The predicted molar refractivity (Wildman–Crippen MR) is 245 cm³/mol. The van der Waals surface area contributed by atoms with Crippen molar-refractivity contribution in [2.24, 2.45) is 0 Å². The first-order valence-electron chi connectivity index (χ1n) is 19.5. The highest BCUT2D eigenvalue weighted by Gasteiger charge is 2.37. The number of anilines is 5. The van der Waals surface area contributed by atoms with Crippen molar-refractivity contribution in [3.8, 4) is 22.9 Å². The minimum absolute atomic E-state index is 0.181. The minimum atomic E-state index is -5.65. The number of carboxylic acid groups (broad SMARTS) is 2. The highest BCUT2D eigenvalue weighted by Crippen LogP contribution is 2.46. The first-order valence-corrected chi connectivity index (χ1v) is 25.2. The van der Waals surface area contributed by atoms with Crippen molar-refractivity contribution in [1.82, 2.24) is 19.9 Å². The molecule has 1 aliphatic rings. The number of nitrogens with zero attached hydrogens (tertiary/aromatic N) is 3. The number of ketones is 2. The van der Waals surface area contributed by atoms with Gasteiger partial charge in [0.2, 0.25) is 11.9 Å². The van der Waals surface area contributed by atoms with Crippen LogP contribution < -0.4 is 26.2 Å². The van der Waals surface area contributed by atoms with E-state index in [4.69, 9.17) is 4.74 Å². The maximum Gasteiger partial charge on any atom is 0.335 e. The van der Waals surface area contributed by atoms with Gasteiger partial charge in [-0.15, -0.1) is 0 Å². The Morgan fingerprint density at radius 1 is 0.583 bits per heavy atom. The molecule has 0 bridgehead atoms.